The second-order valence-electron chi connectivity index (χ2n) is 8.21. The van der Waals surface area contributed by atoms with E-state index in [4.69, 9.17) is 9.57 Å². The van der Waals surface area contributed by atoms with Crippen LogP contribution in [0.2, 0.25) is 0 Å². The van der Waals surface area contributed by atoms with Gasteiger partial charge in [0.15, 0.2) is 6.61 Å². The second-order valence-corrected chi connectivity index (χ2v) is 8.21. The molecular formula is C27H31N3O4. The number of hydrogen-bond acceptors (Lipinski definition) is 6. The summed E-state index contributed by atoms with van der Waals surface area (Å²) >= 11 is 0. The molecule has 0 fully saturated rings. The summed E-state index contributed by atoms with van der Waals surface area (Å²) in [5.74, 6) is -0.159. The maximum Gasteiger partial charge on any atom is 0.321 e. The number of carbonyl (C=O) groups is 1. The fraction of sp³-hybridized carbons (Fsp3) is 0.296. The Morgan fingerprint density at radius 3 is 2.38 bits per heavy atom. The van der Waals surface area contributed by atoms with E-state index >= 15 is 0 Å². The SMILES string of the molecule is CC(=NOCCOc1ccc(CC(NC(C)C)C(=O)O)cc1)c1ccc(-c2ccccn2)cc1. The highest BCUT2D eigenvalue weighted by atomic mass is 16.6. The average molecular weight is 462 g/mol. The molecule has 34 heavy (non-hydrogen) atoms. The van der Waals surface area contributed by atoms with Gasteiger partial charge in [-0.3, -0.25) is 9.78 Å². The summed E-state index contributed by atoms with van der Waals surface area (Å²) in [7, 11) is 0. The van der Waals surface area contributed by atoms with Gasteiger partial charge in [0.2, 0.25) is 0 Å². The number of carboxylic acids is 1. The summed E-state index contributed by atoms with van der Waals surface area (Å²) < 4.78 is 5.70. The second kappa shape index (κ2) is 12.5. The number of carboxylic acid groups (broad SMARTS) is 1. The first kappa shape index (κ1) is 24.9. The first-order valence-corrected chi connectivity index (χ1v) is 11.3. The Morgan fingerprint density at radius 1 is 1.03 bits per heavy atom. The number of oxime groups is 1. The lowest BCUT2D eigenvalue weighted by atomic mass is 10.1. The molecule has 1 aromatic heterocycles. The standard InChI is InChI=1S/C27H31N3O4/c1-19(2)29-26(27(31)32)18-21-7-13-24(14-8-21)33-16-17-34-30-20(3)22-9-11-23(12-10-22)25-6-4-5-15-28-25/h4-15,19,26,29H,16-18H2,1-3H3,(H,31,32). The van der Waals surface area contributed by atoms with Crippen LogP contribution < -0.4 is 10.1 Å². The van der Waals surface area contributed by atoms with Crippen LogP contribution in [0.25, 0.3) is 11.3 Å². The van der Waals surface area contributed by atoms with Crippen LogP contribution in [0, 0.1) is 0 Å². The third-order valence-electron chi connectivity index (χ3n) is 5.10. The van der Waals surface area contributed by atoms with Crippen molar-refractivity contribution in [3.05, 3.63) is 84.1 Å². The van der Waals surface area contributed by atoms with Gasteiger partial charge in [-0.15, -0.1) is 0 Å². The zero-order chi connectivity index (χ0) is 24.3. The van der Waals surface area contributed by atoms with Crippen LogP contribution in [-0.2, 0) is 16.1 Å². The van der Waals surface area contributed by atoms with E-state index in [-0.39, 0.29) is 6.04 Å². The molecule has 0 bridgehead atoms. The number of pyridine rings is 1. The molecule has 7 heteroatoms. The van der Waals surface area contributed by atoms with E-state index in [9.17, 15) is 9.90 Å². The van der Waals surface area contributed by atoms with Crippen molar-refractivity contribution in [1.29, 1.82) is 0 Å². The minimum Gasteiger partial charge on any atom is -0.490 e. The maximum absolute atomic E-state index is 11.4. The molecule has 0 radical (unpaired) electrons. The zero-order valence-electron chi connectivity index (χ0n) is 19.8. The molecule has 3 aromatic rings. The topological polar surface area (TPSA) is 93.0 Å². The third kappa shape index (κ3) is 7.71. The predicted octanol–water partition coefficient (Wildman–Crippen LogP) is 4.56. The van der Waals surface area contributed by atoms with Gasteiger partial charge in [0.25, 0.3) is 0 Å². The van der Waals surface area contributed by atoms with Crippen molar-refractivity contribution in [2.45, 2.75) is 39.3 Å². The Kier molecular flexibility index (Phi) is 9.17. The van der Waals surface area contributed by atoms with Crippen LogP contribution in [0.4, 0.5) is 0 Å². The van der Waals surface area contributed by atoms with Gasteiger partial charge >= 0.3 is 5.97 Å². The first-order valence-electron chi connectivity index (χ1n) is 11.3. The molecule has 0 saturated heterocycles. The summed E-state index contributed by atoms with van der Waals surface area (Å²) in [6.07, 6.45) is 2.19. The molecule has 7 nitrogen and oxygen atoms in total. The molecule has 178 valence electrons. The fourth-order valence-electron chi connectivity index (χ4n) is 3.39. The molecule has 2 aromatic carbocycles. The van der Waals surface area contributed by atoms with Gasteiger partial charge in [-0.2, -0.15) is 0 Å². The molecule has 1 atom stereocenters. The first-order chi connectivity index (χ1) is 16.4. The van der Waals surface area contributed by atoms with Gasteiger partial charge < -0.3 is 20.0 Å². The predicted molar refractivity (Wildman–Crippen MR) is 133 cm³/mol. The van der Waals surface area contributed by atoms with E-state index in [1.165, 1.54) is 0 Å². The fourth-order valence-corrected chi connectivity index (χ4v) is 3.39. The van der Waals surface area contributed by atoms with Crippen LogP contribution in [0.15, 0.2) is 78.1 Å². The van der Waals surface area contributed by atoms with Crippen molar-refractivity contribution < 1.29 is 19.5 Å². The van der Waals surface area contributed by atoms with Gasteiger partial charge in [-0.05, 0) is 48.7 Å². The number of nitrogens with one attached hydrogen (secondary N) is 1. The Bertz CT molecular complexity index is 1070. The highest BCUT2D eigenvalue weighted by Crippen LogP contribution is 2.17. The van der Waals surface area contributed by atoms with Crippen molar-refractivity contribution in [2.75, 3.05) is 13.2 Å². The van der Waals surface area contributed by atoms with E-state index in [2.05, 4.69) is 15.5 Å². The molecule has 3 rings (SSSR count). The summed E-state index contributed by atoms with van der Waals surface area (Å²) in [5, 5.41) is 16.6. The van der Waals surface area contributed by atoms with Gasteiger partial charge in [-0.25, -0.2) is 0 Å². The minimum atomic E-state index is -0.855. The molecule has 0 saturated carbocycles. The number of nitrogens with zero attached hydrogens (tertiary/aromatic N) is 2. The quantitative estimate of drug-likeness (QED) is 0.233. The number of benzene rings is 2. The Balaban J connectivity index is 1.43. The lowest BCUT2D eigenvalue weighted by molar-refractivity contribution is -0.139. The lowest BCUT2D eigenvalue weighted by Gasteiger charge is -2.17. The van der Waals surface area contributed by atoms with Crippen LogP contribution in [-0.4, -0.2) is 47.1 Å². The van der Waals surface area contributed by atoms with Crippen molar-refractivity contribution in [2.24, 2.45) is 5.16 Å². The van der Waals surface area contributed by atoms with E-state index in [0.29, 0.717) is 25.4 Å². The minimum absolute atomic E-state index is 0.0981. The zero-order valence-corrected chi connectivity index (χ0v) is 19.8. The maximum atomic E-state index is 11.4. The van der Waals surface area contributed by atoms with Crippen molar-refractivity contribution >= 4 is 11.7 Å². The number of ether oxygens (including phenoxy) is 1. The highest BCUT2D eigenvalue weighted by Gasteiger charge is 2.18. The number of hydrogen-bond donors (Lipinski definition) is 2. The van der Waals surface area contributed by atoms with E-state index in [1.807, 2.05) is 87.5 Å². The van der Waals surface area contributed by atoms with E-state index < -0.39 is 12.0 Å². The molecule has 0 amide bonds. The van der Waals surface area contributed by atoms with Crippen molar-refractivity contribution in [3.8, 4) is 17.0 Å². The smallest absolute Gasteiger partial charge is 0.321 e. The molecule has 1 unspecified atom stereocenters. The molecular weight excluding hydrogens is 430 g/mol. The number of aliphatic carboxylic acids is 1. The summed E-state index contributed by atoms with van der Waals surface area (Å²) in [6, 6.07) is 20.8. The van der Waals surface area contributed by atoms with Crippen molar-refractivity contribution in [3.63, 3.8) is 0 Å². The molecule has 0 aliphatic rings. The third-order valence-corrected chi connectivity index (χ3v) is 5.10. The summed E-state index contributed by atoms with van der Waals surface area (Å²) in [5.41, 5.74) is 4.66. The largest absolute Gasteiger partial charge is 0.490 e. The van der Waals surface area contributed by atoms with Gasteiger partial charge in [0.1, 0.15) is 18.4 Å². The van der Waals surface area contributed by atoms with Gasteiger partial charge in [0.05, 0.1) is 11.4 Å². The van der Waals surface area contributed by atoms with Gasteiger partial charge in [-0.1, -0.05) is 61.5 Å². The molecule has 0 aliphatic heterocycles. The number of rotatable bonds is 12. The van der Waals surface area contributed by atoms with Crippen LogP contribution in [0.3, 0.4) is 0 Å². The van der Waals surface area contributed by atoms with Gasteiger partial charge in [0, 0.05) is 17.8 Å². The summed E-state index contributed by atoms with van der Waals surface area (Å²) in [6.45, 7) is 6.42. The van der Waals surface area contributed by atoms with E-state index in [1.54, 1.807) is 6.20 Å². The normalized spacial score (nSPS) is 12.4. The molecule has 2 N–H and O–H groups in total. The average Bonchev–Trinajstić information content (AvgIpc) is 2.84. The Labute approximate surface area is 200 Å². The van der Waals surface area contributed by atoms with Crippen LogP contribution in [0.5, 0.6) is 5.75 Å². The van der Waals surface area contributed by atoms with E-state index in [0.717, 1.165) is 28.1 Å². The van der Waals surface area contributed by atoms with Crippen LogP contribution >= 0.6 is 0 Å². The molecule has 1 heterocycles. The Morgan fingerprint density at radius 2 is 1.76 bits per heavy atom. The highest BCUT2D eigenvalue weighted by molar-refractivity contribution is 5.98. The monoisotopic (exact) mass is 461 g/mol. The lowest BCUT2D eigenvalue weighted by Crippen LogP contribution is -2.42. The molecule has 0 spiro atoms. The van der Waals surface area contributed by atoms with Crippen LogP contribution in [0.1, 0.15) is 31.9 Å². The summed E-state index contributed by atoms with van der Waals surface area (Å²) in [4.78, 5) is 21.2. The molecule has 0 aliphatic carbocycles. The number of aromatic nitrogens is 1. The van der Waals surface area contributed by atoms with Crippen molar-refractivity contribution in [1.82, 2.24) is 10.3 Å². The Hall–Kier alpha value is -3.71.